The van der Waals surface area contributed by atoms with Gasteiger partial charge in [0.15, 0.2) is 0 Å². The maximum atomic E-state index is 10.2. The van der Waals surface area contributed by atoms with Crippen LogP contribution in [0.1, 0.15) is 44.9 Å². The third-order valence-corrected chi connectivity index (χ3v) is 3.64. The van der Waals surface area contributed by atoms with E-state index < -0.39 is 5.60 Å². The molecule has 1 saturated heterocycles. The van der Waals surface area contributed by atoms with Gasteiger partial charge in [0.1, 0.15) is 0 Å². The normalized spacial score (nSPS) is 30.6. The predicted octanol–water partition coefficient (Wildman–Crippen LogP) is 1.45. The lowest BCUT2D eigenvalue weighted by atomic mass is 9.86. The highest BCUT2D eigenvalue weighted by molar-refractivity contribution is 4.82. The van der Waals surface area contributed by atoms with Gasteiger partial charge < -0.3 is 15.2 Å². The lowest BCUT2D eigenvalue weighted by molar-refractivity contribution is -0.0710. The van der Waals surface area contributed by atoms with E-state index in [0.29, 0.717) is 12.6 Å². The van der Waals surface area contributed by atoms with Crippen LogP contribution < -0.4 is 5.32 Å². The molecule has 1 heterocycles. The van der Waals surface area contributed by atoms with E-state index in [1.807, 2.05) is 0 Å². The number of hydrogen-bond donors (Lipinski definition) is 2. The largest absolute Gasteiger partial charge is 0.387 e. The molecule has 2 N–H and O–H groups in total. The van der Waals surface area contributed by atoms with Crippen LogP contribution in [0.4, 0.5) is 0 Å². The van der Waals surface area contributed by atoms with Gasteiger partial charge in [-0.25, -0.2) is 0 Å². The average Bonchev–Trinajstić information content (AvgIpc) is 2.71. The number of rotatable bonds is 4. The van der Waals surface area contributed by atoms with E-state index in [2.05, 4.69) is 5.32 Å². The van der Waals surface area contributed by atoms with Crippen molar-refractivity contribution in [1.82, 2.24) is 5.32 Å². The molecular weight excluding hydrogens is 190 g/mol. The molecule has 2 fully saturated rings. The summed E-state index contributed by atoms with van der Waals surface area (Å²) in [5.41, 5.74) is -0.517. The van der Waals surface area contributed by atoms with E-state index in [1.54, 1.807) is 0 Å². The molecule has 0 aromatic heterocycles. The number of aliphatic hydroxyl groups is 1. The molecule has 0 bridgehead atoms. The second-order valence-corrected chi connectivity index (χ2v) is 5.09. The highest BCUT2D eigenvalue weighted by Crippen LogP contribution is 2.28. The zero-order valence-electron chi connectivity index (χ0n) is 9.50. The van der Waals surface area contributed by atoms with Crippen molar-refractivity contribution in [2.45, 2.75) is 56.6 Å². The summed E-state index contributed by atoms with van der Waals surface area (Å²) in [6, 6.07) is 0.525. The zero-order valence-corrected chi connectivity index (χ0v) is 9.50. The second-order valence-electron chi connectivity index (χ2n) is 5.09. The zero-order chi connectivity index (χ0) is 10.6. The Kier molecular flexibility index (Phi) is 4.00. The summed E-state index contributed by atoms with van der Waals surface area (Å²) in [6.45, 7) is 2.42. The van der Waals surface area contributed by atoms with E-state index >= 15 is 0 Å². The Labute approximate surface area is 92.2 Å². The average molecular weight is 213 g/mol. The van der Waals surface area contributed by atoms with Crippen LogP contribution in [0, 0.1) is 0 Å². The first kappa shape index (κ1) is 11.4. The summed E-state index contributed by atoms with van der Waals surface area (Å²) in [7, 11) is 0. The summed E-state index contributed by atoms with van der Waals surface area (Å²) in [5.74, 6) is 0. The fourth-order valence-electron chi connectivity index (χ4n) is 2.64. The van der Waals surface area contributed by atoms with Crippen molar-refractivity contribution in [3.8, 4) is 0 Å². The monoisotopic (exact) mass is 213 g/mol. The topological polar surface area (TPSA) is 41.5 Å². The van der Waals surface area contributed by atoms with Gasteiger partial charge in [0.05, 0.1) is 18.8 Å². The van der Waals surface area contributed by atoms with Crippen molar-refractivity contribution in [1.29, 1.82) is 0 Å². The molecule has 88 valence electrons. The predicted molar refractivity (Wildman–Crippen MR) is 59.9 cm³/mol. The van der Waals surface area contributed by atoms with E-state index in [0.717, 1.165) is 38.8 Å². The minimum atomic E-state index is -0.517. The van der Waals surface area contributed by atoms with Crippen molar-refractivity contribution in [2.75, 3.05) is 19.8 Å². The molecule has 0 spiro atoms. The molecule has 1 aliphatic carbocycles. The molecule has 1 unspecified atom stereocenters. The molecule has 0 radical (unpaired) electrons. The van der Waals surface area contributed by atoms with Gasteiger partial charge in [-0.1, -0.05) is 19.3 Å². The number of nitrogens with one attached hydrogen (secondary N) is 1. The molecule has 1 aliphatic heterocycles. The summed E-state index contributed by atoms with van der Waals surface area (Å²) < 4.78 is 5.65. The summed E-state index contributed by atoms with van der Waals surface area (Å²) in [5, 5.41) is 13.6. The first-order valence-electron chi connectivity index (χ1n) is 6.32. The molecule has 1 atom stereocenters. The second kappa shape index (κ2) is 5.28. The summed E-state index contributed by atoms with van der Waals surface area (Å²) in [4.78, 5) is 0. The van der Waals surface area contributed by atoms with Crippen molar-refractivity contribution in [2.24, 2.45) is 0 Å². The van der Waals surface area contributed by atoms with Crippen molar-refractivity contribution >= 4 is 0 Å². The Hall–Kier alpha value is -0.120. The minimum Gasteiger partial charge on any atom is -0.387 e. The molecule has 15 heavy (non-hydrogen) atoms. The first-order chi connectivity index (χ1) is 7.29. The van der Waals surface area contributed by atoms with E-state index in [-0.39, 0.29) is 0 Å². The van der Waals surface area contributed by atoms with Gasteiger partial charge in [-0.05, 0) is 32.2 Å². The van der Waals surface area contributed by atoms with Gasteiger partial charge in [0.25, 0.3) is 0 Å². The Morgan fingerprint density at radius 3 is 2.67 bits per heavy atom. The highest BCUT2D eigenvalue weighted by atomic mass is 16.5. The van der Waals surface area contributed by atoms with Crippen LogP contribution in [0.3, 0.4) is 0 Å². The number of hydrogen-bond acceptors (Lipinski definition) is 3. The van der Waals surface area contributed by atoms with Crippen LogP contribution in [0.25, 0.3) is 0 Å². The van der Waals surface area contributed by atoms with Crippen molar-refractivity contribution < 1.29 is 9.84 Å². The molecule has 0 aromatic rings. The van der Waals surface area contributed by atoms with Gasteiger partial charge in [0.2, 0.25) is 0 Å². The molecule has 2 rings (SSSR count). The fourth-order valence-corrected chi connectivity index (χ4v) is 2.64. The standard InChI is InChI=1S/C12H23NO2/c14-12(6-2-1-3-7-12)10-15-9-11-5-4-8-13-11/h11,13-14H,1-10H2. The molecule has 3 nitrogen and oxygen atoms in total. The van der Waals surface area contributed by atoms with Gasteiger partial charge in [-0.2, -0.15) is 0 Å². The lowest BCUT2D eigenvalue weighted by Gasteiger charge is -2.32. The van der Waals surface area contributed by atoms with Crippen LogP contribution in [0.15, 0.2) is 0 Å². The SMILES string of the molecule is OC1(COCC2CCCN2)CCCCC1. The molecule has 3 heteroatoms. The van der Waals surface area contributed by atoms with Crippen LogP contribution in [-0.4, -0.2) is 36.5 Å². The van der Waals surface area contributed by atoms with E-state index in [1.165, 1.54) is 19.3 Å². The number of ether oxygens (including phenoxy) is 1. The van der Waals surface area contributed by atoms with Crippen LogP contribution in [0.5, 0.6) is 0 Å². The summed E-state index contributed by atoms with van der Waals surface area (Å²) >= 11 is 0. The fraction of sp³-hybridized carbons (Fsp3) is 1.00. The quantitative estimate of drug-likeness (QED) is 0.742. The Morgan fingerprint density at radius 1 is 1.20 bits per heavy atom. The van der Waals surface area contributed by atoms with Gasteiger partial charge in [-0.15, -0.1) is 0 Å². The van der Waals surface area contributed by atoms with Gasteiger partial charge in [-0.3, -0.25) is 0 Å². The van der Waals surface area contributed by atoms with Gasteiger partial charge in [0, 0.05) is 6.04 Å². The van der Waals surface area contributed by atoms with Crippen LogP contribution in [-0.2, 0) is 4.74 Å². The Balaban J connectivity index is 1.63. The van der Waals surface area contributed by atoms with Crippen molar-refractivity contribution in [3.05, 3.63) is 0 Å². The van der Waals surface area contributed by atoms with Crippen LogP contribution >= 0.6 is 0 Å². The van der Waals surface area contributed by atoms with Gasteiger partial charge >= 0.3 is 0 Å². The smallest absolute Gasteiger partial charge is 0.0880 e. The third kappa shape index (κ3) is 3.44. The molecule has 2 aliphatic rings. The molecular formula is C12H23NO2. The van der Waals surface area contributed by atoms with Crippen LogP contribution in [0.2, 0.25) is 0 Å². The Morgan fingerprint density at radius 2 is 2.00 bits per heavy atom. The third-order valence-electron chi connectivity index (χ3n) is 3.64. The molecule has 0 amide bonds. The lowest BCUT2D eigenvalue weighted by Crippen LogP contribution is -2.38. The maximum Gasteiger partial charge on any atom is 0.0880 e. The molecule has 0 aromatic carbocycles. The minimum absolute atomic E-state index is 0.517. The first-order valence-corrected chi connectivity index (χ1v) is 6.32. The highest BCUT2D eigenvalue weighted by Gasteiger charge is 2.29. The van der Waals surface area contributed by atoms with E-state index in [9.17, 15) is 5.11 Å². The van der Waals surface area contributed by atoms with E-state index in [4.69, 9.17) is 4.74 Å². The Bertz CT molecular complexity index is 184. The summed E-state index contributed by atoms with van der Waals surface area (Å²) in [6.07, 6.45) is 7.91. The molecule has 1 saturated carbocycles. The maximum absolute atomic E-state index is 10.2. The van der Waals surface area contributed by atoms with Crippen molar-refractivity contribution in [3.63, 3.8) is 0 Å².